The van der Waals surface area contributed by atoms with Gasteiger partial charge in [0, 0.05) is 16.5 Å². The lowest BCUT2D eigenvalue weighted by atomic mass is 9.73. The minimum atomic E-state index is -0.420. The molecule has 0 amide bonds. The zero-order valence-corrected chi connectivity index (χ0v) is 32.4. The van der Waals surface area contributed by atoms with Gasteiger partial charge in [0.15, 0.2) is 11.7 Å². The topological polar surface area (TPSA) is 84.7 Å². The SMILES string of the molecule is CCCCCCCC(C)(CCCCCCC)C(=O)CN(C(C)(C)CC(C)(C)N=C(N)N)C(C)(CCCCCC)CCCCCC. The van der Waals surface area contributed by atoms with E-state index in [4.69, 9.17) is 11.5 Å². The summed E-state index contributed by atoms with van der Waals surface area (Å²) in [6.07, 6.45) is 27.5. The van der Waals surface area contributed by atoms with Crippen molar-refractivity contribution < 1.29 is 4.79 Å². The monoisotopic (exact) mass is 635 g/mol. The Hall–Kier alpha value is -1.10. The van der Waals surface area contributed by atoms with Gasteiger partial charge in [-0.3, -0.25) is 9.69 Å². The van der Waals surface area contributed by atoms with Crippen LogP contribution in [0, 0.1) is 5.41 Å². The van der Waals surface area contributed by atoms with Crippen molar-refractivity contribution in [2.45, 2.75) is 234 Å². The van der Waals surface area contributed by atoms with Crippen LogP contribution in [0.15, 0.2) is 4.99 Å². The lowest BCUT2D eigenvalue weighted by molar-refractivity contribution is -0.135. The van der Waals surface area contributed by atoms with Crippen LogP contribution in [0.4, 0.5) is 0 Å². The van der Waals surface area contributed by atoms with Gasteiger partial charge in [-0.25, -0.2) is 4.99 Å². The van der Waals surface area contributed by atoms with Crippen LogP contribution >= 0.6 is 0 Å². The number of nitrogens with zero attached hydrogens (tertiary/aromatic N) is 2. The fraction of sp³-hybridized carbons (Fsp3) is 0.950. The Kier molecular flexibility index (Phi) is 22.7. The smallest absolute Gasteiger partial charge is 0.186 e. The second kappa shape index (κ2) is 23.3. The molecule has 5 heteroatoms. The number of carbonyl (C=O) groups excluding carboxylic acids is 1. The molecule has 0 bridgehead atoms. The van der Waals surface area contributed by atoms with E-state index in [1.54, 1.807) is 0 Å². The average Bonchev–Trinajstić information content (AvgIpc) is 2.94. The Labute approximate surface area is 282 Å². The third-order valence-electron chi connectivity index (χ3n) is 10.5. The normalized spacial score (nSPS) is 13.0. The number of guanidine groups is 1. The molecule has 0 heterocycles. The third kappa shape index (κ3) is 18.7. The second-order valence-electron chi connectivity index (χ2n) is 16.4. The maximum absolute atomic E-state index is 14.8. The highest BCUT2D eigenvalue weighted by Crippen LogP contribution is 2.41. The molecule has 45 heavy (non-hydrogen) atoms. The summed E-state index contributed by atoms with van der Waals surface area (Å²) in [5, 5.41) is 0. The number of hydrogen-bond donors (Lipinski definition) is 2. The standard InChI is InChI=1S/C40H82N4O/c1-11-15-19-23-25-29-39(9,30-26-24-20-16-12-2)35(45)33-44(38(7,8)34-37(5,6)43-36(41)42)40(10,31-27-21-17-13-3)32-28-22-18-14-4/h11-34H2,1-10H3,(H4,41,42,43). The van der Waals surface area contributed by atoms with E-state index in [-0.39, 0.29) is 22.5 Å². The summed E-state index contributed by atoms with van der Waals surface area (Å²) in [5.41, 5.74) is 10.8. The van der Waals surface area contributed by atoms with Gasteiger partial charge in [0.1, 0.15) is 0 Å². The molecule has 0 rings (SSSR count). The molecule has 5 nitrogen and oxygen atoms in total. The summed E-state index contributed by atoms with van der Waals surface area (Å²) in [5.74, 6) is 0.591. The van der Waals surface area contributed by atoms with Gasteiger partial charge in [-0.2, -0.15) is 0 Å². The third-order valence-corrected chi connectivity index (χ3v) is 10.5. The van der Waals surface area contributed by atoms with Crippen LogP contribution in [0.5, 0.6) is 0 Å². The van der Waals surface area contributed by atoms with Gasteiger partial charge in [-0.05, 0) is 66.7 Å². The molecule has 0 unspecified atom stereocenters. The molecule has 0 saturated heterocycles. The molecule has 0 aliphatic carbocycles. The number of ketones is 1. The van der Waals surface area contributed by atoms with E-state index >= 15 is 0 Å². The number of hydrogen-bond acceptors (Lipinski definition) is 3. The van der Waals surface area contributed by atoms with Crippen molar-refractivity contribution in [2.24, 2.45) is 21.9 Å². The van der Waals surface area contributed by atoms with Gasteiger partial charge in [0.05, 0.1) is 12.1 Å². The first-order valence-corrected chi connectivity index (χ1v) is 19.5. The molecule has 0 atom stereocenters. The van der Waals surface area contributed by atoms with E-state index in [1.165, 1.54) is 103 Å². The molecule has 0 fully saturated rings. The largest absolute Gasteiger partial charge is 0.370 e. The first-order valence-electron chi connectivity index (χ1n) is 19.5. The van der Waals surface area contributed by atoms with Gasteiger partial charge in [0.2, 0.25) is 0 Å². The average molecular weight is 635 g/mol. The van der Waals surface area contributed by atoms with E-state index in [1.807, 2.05) is 0 Å². The Morgan fingerprint density at radius 2 is 0.911 bits per heavy atom. The Morgan fingerprint density at radius 1 is 0.556 bits per heavy atom. The first-order chi connectivity index (χ1) is 21.1. The van der Waals surface area contributed by atoms with Crippen LogP contribution in [-0.2, 0) is 4.79 Å². The number of aliphatic imine (C=N–C) groups is 1. The fourth-order valence-corrected chi connectivity index (χ4v) is 7.91. The molecular formula is C40H82N4O. The summed E-state index contributed by atoms with van der Waals surface area (Å²) in [6.45, 7) is 23.4. The minimum Gasteiger partial charge on any atom is -0.370 e. The summed E-state index contributed by atoms with van der Waals surface area (Å²) in [7, 11) is 0. The van der Waals surface area contributed by atoms with Gasteiger partial charge < -0.3 is 11.5 Å². The van der Waals surface area contributed by atoms with Crippen molar-refractivity contribution in [3.05, 3.63) is 0 Å². The van der Waals surface area contributed by atoms with Crippen molar-refractivity contribution in [1.82, 2.24) is 4.90 Å². The molecule has 4 N–H and O–H groups in total. The molecule has 0 aliphatic rings. The Bertz CT molecular complexity index is 757. The van der Waals surface area contributed by atoms with Crippen LogP contribution in [-0.4, -0.2) is 39.8 Å². The summed E-state index contributed by atoms with van der Waals surface area (Å²) >= 11 is 0. The number of nitrogens with two attached hydrogens (primary N) is 2. The quantitative estimate of drug-likeness (QED) is 0.0467. The zero-order chi connectivity index (χ0) is 34.4. The van der Waals surface area contributed by atoms with E-state index in [0.717, 1.165) is 44.9 Å². The lowest BCUT2D eigenvalue weighted by Gasteiger charge is -2.53. The van der Waals surface area contributed by atoms with Gasteiger partial charge in [-0.1, -0.05) is 150 Å². The molecule has 0 saturated carbocycles. The summed E-state index contributed by atoms with van der Waals surface area (Å²) in [6, 6.07) is 0. The summed E-state index contributed by atoms with van der Waals surface area (Å²) in [4.78, 5) is 22.1. The summed E-state index contributed by atoms with van der Waals surface area (Å²) < 4.78 is 0. The molecule has 0 aromatic heterocycles. The second-order valence-corrected chi connectivity index (χ2v) is 16.4. The van der Waals surface area contributed by atoms with Crippen LogP contribution < -0.4 is 11.5 Å². The van der Waals surface area contributed by atoms with E-state index < -0.39 is 5.54 Å². The molecule has 268 valence electrons. The van der Waals surface area contributed by atoms with Crippen molar-refractivity contribution in [3.8, 4) is 0 Å². The molecule has 0 aromatic rings. The van der Waals surface area contributed by atoms with E-state index in [9.17, 15) is 4.79 Å². The number of carbonyl (C=O) groups is 1. The Balaban J connectivity index is 6.54. The van der Waals surface area contributed by atoms with E-state index in [0.29, 0.717) is 12.3 Å². The van der Waals surface area contributed by atoms with Crippen molar-refractivity contribution in [3.63, 3.8) is 0 Å². The predicted molar refractivity (Wildman–Crippen MR) is 201 cm³/mol. The molecule has 0 radical (unpaired) electrons. The lowest BCUT2D eigenvalue weighted by Crippen LogP contribution is -2.61. The van der Waals surface area contributed by atoms with Crippen molar-refractivity contribution in [2.75, 3.05) is 6.54 Å². The number of rotatable bonds is 30. The van der Waals surface area contributed by atoms with Gasteiger partial charge >= 0.3 is 0 Å². The first kappa shape index (κ1) is 43.9. The van der Waals surface area contributed by atoms with Crippen LogP contribution in [0.2, 0.25) is 0 Å². The molecule has 0 aliphatic heterocycles. The van der Waals surface area contributed by atoms with Crippen molar-refractivity contribution in [1.29, 1.82) is 0 Å². The predicted octanol–water partition coefficient (Wildman–Crippen LogP) is 11.5. The maximum Gasteiger partial charge on any atom is 0.186 e. The Morgan fingerprint density at radius 3 is 1.29 bits per heavy atom. The maximum atomic E-state index is 14.8. The minimum absolute atomic E-state index is 0.0577. The highest BCUT2D eigenvalue weighted by molar-refractivity contribution is 5.86. The highest BCUT2D eigenvalue weighted by Gasteiger charge is 2.45. The van der Waals surface area contributed by atoms with Crippen LogP contribution in [0.25, 0.3) is 0 Å². The zero-order valence-electron chi connectivity index (χ0n) is 32.4. The van der Waals surface area contributed by atoms with Crippen LogP contribution in [0.3, 0.4) is 0 Å². The molecule has 0 aromatic carbocycles. The van der Waals surface area contributed by atoms with E-state index in [2.05, 4.69) is 79.1 Å². The van der Waals surface area contributed by atoms with Gasteiger partial charge in [-0.15, -0.1) is 0 Å². The van der Waals surface area contributed by atoms with Crippen LogP contribution in [0.1, 0.15) is 217 Å². The fourth-order valence-electron chi connectivity index (χ4n) is 7.91. The van der Waals surface area contributed by atoms with Gasteiger partial charge in [0.25, 0.3) is 0 Å². The highest BCUT2D eigenvalue weighted by atomic mass is 16.1. The number of unbranched alkanes of at least 4 members (excludes halogenated alkanes) is 14. The van der Waals surface area contributed by atoms with Crippen molar-refractivity contribution >= 4 is 11.7 Å². The number of Topliss-reactive ketones (excluding diaryl/α,β-unsaturated/α-hetero) is 1. The molecule has 0 spiro atoms. The molecular weight excluding hydrogens is 552 g/mol.